The summed E-state index contributed by atoms with van der Waals surface area (Å²) >= 11 is 1.14. The first kappa shape index (κ1) is 15.3. The molecule has 0 saturated heterocycles. The van der Waals surface area contributed by atoms with E-state index in [2.05, 4.69) is 15.1 Å². The van der Waals surface area contributed by atoms with Crippen LogP contribution in [0.2, 0.25) is 0 Å². The molecule has 0 amide bonds. The van der Waals surface area contributed by atoms with Crippen molar-refractivity contribution in [2.45, 2.75) is 43.1 Å². The molecule has 8 heteroatoms. The Morgan fingerprint density at radius 1 is 1.45 bits per heavy atom. The maximum atomic E-state index is 10.7. The van der Waals surface area contributed by atoms with Gasteiger partial charge in [0.25, 0.3) is 0 Å². The molecule has 7 nitrogen and oxygen atoms in total. The van der Waals surface area contributed by atoms with Crippen LogP contribution < -0.4 is 0 Å². The molecule has 2 rings (SSSR count). The third kappa shape index (κ3) is 2.97. The fraction of sp³-hybridized carbons (Fsp3) is 0.750. The van der Waals surface area contributed by atoms with Crippen LogP contribution in [-0.2, 0) is 17.9 Å². The highest BCUT2D eigenvalue weighted by molar-refractivity contribution is 7.99. The number of thioether (sulfide) groups is 1. The summed E-state index contributed by atoms with van der Waals surface area (Å²) in [4.78, 5) is 12.9. The van der Waals surface area contributed by atoms with E-state index in [9.17, 15) is 9.90 Å². The molecule has 1 fully saturated rings. The first-order chi connectivity index (χ1) is 9.48. The molecule has 0 bridgehead atoms. The molecule has 1 aliphatic carbocycles. The van der Waals surface area contributed by atoms with Gasteiger partial charge in [-0.05, 0) is 33.4 Å². The molecule has 0 aromatic carbocycles. The Morgan fingerprint density at radius 2 is 2.15 bits per heavy atom. The van der Waals surface area contributed by atoms with E-state index in [-0.39, 0.29) is 17.9 Å². The van der Waals surface area contributed by atoms with Crippen molar-refractivity contribution in [2.75, 3.05) is 19.8 Å². The number of carbonyl (C=O) groups is 1. The number of aliphatic hydroxyl groups excluding tert-OH is 1. The van der Waals surface area contributed by atoms with Crippen LogP contribution in [0.1, 0.15) is 25.1 Å². The molecule has 0 aliphatic heterocycles. The second-order valence-corrected chi connectivity index (χ2v) is 6.24. The van der Waals surface area contributed by atoms with Gasteiger partial charge in [0, 0.05) is 12.1 Å². The van der Waals surface area contributed by atoms with Gasteiger partial charge in [-0.25, -0.2) is 0 Å². The molecule has 0 spiro atoms. The smallest absolute Gasteiger partial charge is 0.313 e. The summed E-state index contributed by atoms with van der Waals surface area (Å²) in [5, 5.41) is 26.6. The van der Waals surface area contributed by atoms with Crippen molar-refractivity contribution in [1.29, 1.82) is 0 Å². The Labute approximate surface area is 122 Å². The van der Waals surface area contributed by atoms with Crippen LogP contribution in [0, 0.1) is 0 Å². The van der Waals surface area contributed by atoms with E-state index in [1.165, 1.54) is 6.42 Å². The van der Waals surface area contributed by atoms with E-state index in [1.54, 1.807) is 0 Å². The van der Waals surface area contributed by atoms with Crippen LogP contribution in [0.25, 0.3) is 0 Å². The molecule has 2 N–H and O–H groups in total. The van der Waals surface area contributed by atoms with Crippen LogP contribution in [0.3, 0.4) is 0 Å². The second kappa shape index (κ2) is 6.11. The molecule has 112 valence electrons. The van der Waals surface area contributed by atoms with Crippen molar-refractivity contribution in [1.82, 2.24) is 19.7 Å². The SMILES string of the molecule is CN(C)C1(Cn2c(CO)nnc2SCC(=O)O)CCC1. The van der Waals surface area contributed by atoms with Crippen LogP contribution in [-0.4, -0.2) is 61.2 Å². The summed E-state index contributed by atoms with van der Waals surface area (Å²) in [5.41, 5.74) is 0.0604. The van der Waals surface area contributed by atoms with E-state index in [4.69, 9.17) is 5.11 Å². The van der Waals surface area contributed by atoms with Gasteiger partial charge >= 0.3 is 5.97 Å². The fourth-order valence-corrected chi connectivity index (χ4v) is 3.13. The number of nitrogens with zero attached hydrogens (tertiary/aromatic N) is 4. The zero-order valence-corrected chi connectivity index (χ0v) is 12.6. The van der Waals surface area contributed by atoms with E-state index in [1.807, 2.05) is 18.7 Å². The Hall–Kier alpha value is -1.12. The van der Waals surface area contributed by atoms with Crippen LogP contribution in [0.5, 0.6) is 0 Å². The molecular weight excluding hydrogens is 280 g/mol. The Balaban J connectivity index is 2.20. The highest BCUT2D eigenvalue weighted by Gasteiger charge is 2.40. The zero-order chi connectivity index (χ0) is 14.8. The molecule has 1 saturated carbocycles. The molecular formula is C12H20N4O3S. The lowest BCUT2D eigenvalue weighted by molar-refractivity contribution is -0.133. The quantitative estimate of drug-likeness (QED) is 0.706. The third-order valence-corrected chi connectivity index (χ3v) is 4.90. The minimum atomic E-state index is -0.888. The lowest BCUT2D eigenvalue weighted by Crippen LogP contribution is -2.53. The second-order valence-electron chi connectivity index (χ2n) is 5.30. The summed E-state index contributed by atoms with van der Waals surface area (Å²) < 4.78 is 1.85. The molecule has 1 aliphatic rings. The largest absolute Gasteiger partial charge is 0.481 e. The Bertz CT molecular complexity index is 485. The van der Waals surface area contributed by atoms with E-state index < -0.39 is 5.97 Å². The van der Waals surface area contributed by atoms with Gasteiger partial charge in [0.2, 0.25) is 0 Å². The number of likely N-dealkylation sites (N-methyl/N-ethyl adjacent to an activating group) is 1. The number of rotatable bonds is 7. The lowest BCUT2D eigenvalue weighted by atomic mass is 9.75. The van der Waals surface area contributed by atoms with E-state index in [0.29, 0.717) is 17.5 Å². The molecule has 1 aromatic heterocycles. The minimum Gasteiger partial charge on any atom is -0.481 e. The highest BCUT2D eigenvalue weighted by atomic mass is 32.2. The lowest BCUT2D eigenvalue weighted by Gasteiger charge is -2.47. The van der Waals surface area contributed by atoms with Crippen LogP contribution >= 0.6 is 11.8 Å². The van der Waals surface area contributed by atoms with Gasteiger partial charge in [0.15, 0.2) is 11.0 Å². The first-order valence-electron chi connectivity index (χ1n) is 6.53. The van der Waals surface area contributed by atoms with E-state index in [0.717, 1.165) is 24.6 Å². The van der Waals surface area contributed by atoms with E-state index >= 15 is 0 Å². The molecule has 1 aromatic rings. The predicted octanol–water partition coefficient (Wildman–Crippen LogP) is 0.431. The monoisotopic (exact) mass is 300 g/mol. The van der Waals surface area contributed by atoms with Crippen molar-refractivity contribution in [3.63, 3.8) is 0 Å². The molecule has 1 heterocycles. The van der Waals surface area contributed by atoms with Gasteiger partial charge < -0.3 is 19.7 Å². The summed E-state index contributed by atoms with van der Waals surface area (Å²) in [5.74, 6) is -0.453. The van der Waals surface area contributed by atoms with Gasteiger partial charge in [0.1, 0.15) is 6.61 Å². The first-order valence-corrected chi connectivity index (χ1v) is 7.52. The standard InChI is InChI=1S/C12H20N4O3S/c1-15(2)12(4-3-5-12)8-16-9(6-17)13-14-11(16)20-7-10(18)19/h17H,3-8H2,1-2H3,(H,18,19). The third-order valence-electron chi connectivity index (χ3n) is 3.94. The highest BCUT2D eigenvalue weighted by Crippen LogP contribution is 2.38. The summed E-state index contributed by atoms with van der Waals surface area (Å²) in [7, 11) is 4.10. The van der Waals surface area contributed by atoms with Gasteiger partial charge in [-0.1, -0.05) is 11.8 Å². The van der Waals surface area contributed by atoms with Gasteiger partial charge in [-0.15, -0.1) is 10.2 Å². The maximum Gasteiger partial charge on any atom is 0.313 e. The van der Waals surface area contributed by atoms with Crippen molar-refractivity contribution in [2.24, 2.45) is 0 Å². The average molecular weight is 300 g/mol. The van der Waals surface area contributed by atoms with Crippen LogP contribution in [0.4, 0.5) is 0 Å². The number of hydrogen-bond donors (Lipinski definition) is 2. The maximum absolute atomic E-state index is 10.7. The van der Waals surface area contributed by atoms with Gasteiger partial charge in [0.05, 0.1) is 5.75 Å². The Kier molecular flexibility index (Phi) is 4.66. The predicted molar refractivity (Wildman–Crippen MR) is 74.6 cm³/mol. The number of aliphatic hydroxyl groups is 1. The summed E-state index contributed by atoms with van der Waals surface area (Å²) in [6.07, 6.45) is 3.37. The van der Waals surface area contributed by atoms with Crippen LogP contribution in [0.15, 0.2) is 5.16 Å². The summed E-state index contributed by atoms with van der Waals surface area (Å²) in [6.45, 7) is 0.495. The van der Waals surface area contributed by atoms with Crippen molar-refractivity contribution >= 4 is 17.7 Å². The fourth-order valence-electron chi connectivity index (χ4n) is 2.45. The molecule has 0 radical (unpaired) electrons. The van der Waals surface area contributed by atoms with Gasteiger partial charge in [-0.2, -0.15) is 0 Å². The number of carboxylic acid groups (broad SMARTS) is 1. The normalized spacial score (nSPS) is 17.2. The molecule has 0 atom stereocenters. The Morgan fingerprint density at radius 3 is 2.60 bits per heavy atom. The van der Waals surface area contributed by atoms with Gasteiger partial charge in [-0.3, -0.25) is 4.79 Å². The zero-order valence-electron chi connectivity index (χ0n) is 11.7. The number of carboxylic acids is 1. The number of aliphatic carboxylic acids is 1. The minimum absolute atomic E-state index is 0.0570. The molecule has 0 unspecified atom stereocenters. The number of aromatic nitrogens is 3. The van der Waals surface area contributed by atoms with Crippen molar-refractivity contribution in [3.05, 3.63) is 5.82 Å². The molecule has 20 heavy (non-hydrogen) atoms. The van der Waals surface area contributed by atoms with Crippen molar-refractivity contribution < 1.29 is 15.0 Å². The topological polar surface area (TPSA) is 91.5 Å². The summed E-state index contributed by atoms with van der Waals surface area (Å²) in [6, 6.07) is 0. The van der Waals surface area contributed by atoms with Crippen molar-refractivity contribution in [3.8, 4) is 0 Å². The number of hydrogen-bond acceptors (Lipinski definition) is 6. The average Bonchev–Trinajstić information content (AvgIpc) is 2.72.